The number of halogens is 4. The molecule has 0 spiro atoms. The number of nitrogens with zero attached hydrogens (tertiary/aromatic N) is 1. The zero-order valence-corrected chi connectivity index (χ0v) is 16.5. The van der Waals surface area contributed by atoms with E-state index in [1.54, 1.807) is 0 Å². The lowest BCUT2D eigenvalue weighted by Gasteiger charge is -2.38. The number of hydrogen-bond donors (Lipinski definition) is 3. The van der Waals surface area contributed by atoms with Crippen LogP contribution in [0.3, 0.4) is 0 Å². The molecule has 2 unspecified atom stereocenters. The third-order valence-electron chi connectivity index (χ3n) is 5.10. The van der Waals surface area contributed by atoms with Crippen molar-refractivity contribution in [3.8, 4) is 0 Å². The molecule has 3 rings (SSSR count). The van der Waals surface area contributed by atoms with Gasteiger partial charge in [-0.15, -0.1) is 0 Å². The van der Waals surface area contributed by atoms with Crippen LogP contribution in [-0.4, -0.2) is 31.4 Å². The third kappa shape index (κ3) is 4.26. The molecule has 0 saturated heterocycles. The molecule has 0 bridgehead atoms. The Morgan fingerprint density at radius 1 is 1.16 bits per heavy atom. The molecule has 1 aliphatic rings. The number of carboxylic acids is 1. The molecule has 0 aliphatic carbocycles. The van der Waals surface area contributed by atoms with Crippen molar-refractivity contribution in [2.24, 2.45) is 10.2 Å². The predicted molar refractivity (Wildman–Crippen MR) is 102 cm³/mol. The van der Waals surface area contributed by atoms with Gasteiger partial charge in [0.1, 0.15) is 5.82 Å². The average molecular weight is 459 g/mol. The first-order valence-electron chi connectivity index (χ1n) is 8.88. The molecular formula is C19H17F4N3O4S. The maximum atomic E-state index is 14.1. The van der Waals surface area contributed by atoms with Crippen molar-refractivity contribution in [1.82, 2.24) is 5.43 Å². The first-order valence-corrected chi connectivity index (χ1v) is 10.4. The summed E-state index contributed by atoms with van der Waals surface area (Å²) in [6.07, 6.45) is -6.42. The predicted octanol–water partition coefficient (Wildman–Crippen LogP) is 2.84. The summed E-state index contributed by atoms with van der Waals surface area (Å²) in [6, 6.07) is 7.94. The minimum Gasteiger partial charge on any atom is -0.481 e. The van der Waals surface area contributed by atoms with Crippen LogP contribution in [0.5, 0.6) is 0 Å². The number of rotatable bonds is 6. The van der Waals surface area contributed by atoms with Crippen LogP contribution in [0.15, 0.2) is 58.5 Å². The number of benzene rings is 2. The van der Waals surface area contributed by atoms with E-state index in [0.29, 0.717) is 0 Å². The molecule has 0 aromatic heterocycles. The number of hydrogen-bond acceptors (Lipinski definition) is 5. The lowest BCUT2D eigenvalue weighted by Crippen LogP contribution is -2.48. The number of nitrogens with one attached hydrogen (secondary N) is 1. The number of aliphatic carboxylic acids is 1. The SMILES string of the molecule is NS(=O)(=O)c1ccccc1C1(CCC(=O)O)C(C(F)(F)F)=NNC1c1ccc(F)cc1. The Bertz CT molecular complexity index is 1130. The van der Waals surface area contributed by atoms with Gasteiger partial charge in [0.2, 0.25) is 10.0 Å². The lowest BCUT2D eigenvalue weighted by atomic mass is 9.66. The van der Waals surface area contributed by atoms with Crippen molar-refractivity contribution >= 4 is 21.7 Å². The van der Waals surface area contributed by atoms with E-state index in [2.05, 4.69) is 10.5 Å². The average Bonchev–Trinajstić information content (AvgIpc) is 3.07. The second-order valence-electron chi connectivity index (χ2n) is 6.98. The molecule has 1 heterocycles. The summed E-state index contributed by atoms with van der Waals surface area (Å²) in [6.45, 7) is 0. The Labute approximate surface area is 174 Å². The standard InChI is InChI=1S/C19H17F4N3O4S/c20-12-7-5-11(6-8-12)16-18(10-9-15(27)28,17(26-25-16)19(21,22)23)13-3-1-2-4-14(13)31(24,29)30/h1-8,16,25H,9-10H2,(H,27,28)(H2,24,29,30). The van der Waals surface area contributed by atoms with Crippen molar-refractivity contribution in [2.75, 3.05) is 0 Å². The van der Waals surface area contributed by atoms with Gasteiger partial charge in [0.15, 0.2) is 5.71 Å². The van der Waals surface area contributed by atoms with Crippen LogP contribution in [-0.2, 0) is 20.2 Å². The molecule has 12 heteroatoms. The highest BCUT2D eigenvalue weighted by molar-refractivity contribution is 7.89. The van der Waals surface area contributed by atoms with E-state index in [4.69, 9.17) is 5.14 Å². The fourth-order valence-electron chi connectivity index (χ4n) is 3.87. The summed E-state index contributed by atoms with van der Waals surface area (Å²) in [5.41, 5.74) is -1.51. The van der Waals surface area contributed by atoms with E-state index < -0.39 is 62.9 Å². The minimum atomic E-state index is -5.04. The van der Waals surface area contributed by atoms with Gasteiger partial charge >= 0.3 is 12.1 Å². The van der Waals surface area contributed by atoms with E-state index in [1.165, 1.54) is 24.3 Å². The fraction of sp³-hybridized carbons (Fsp3) is 0.263. The highest BCUT2D eigenvalue weighted by atomic mass is 32.2. The first kappa shape index (κ1) is 22.7. The molecule has 2 aromatic rings. The largest absolute Gasteiger partial charge is 0.481 e. The van der Waals surface area contributed by atoms with Crippen molar-refractivity contribution in [3.63, 3.8) is 0 Å². The van der Waals surface area contributed by atoms with Gasteiger partial charge in [-0.05, 0) is 35.7 Å². The molecule has 7 nitrogen and oxygen atoms in total. The molecule has 4 N–H and O–H groups in total. The van der Waals surface area contributed by atoms with Crippen LogP contribution < -0.4 is 10.6 Å². The summed E-state index contributed by atoms with van der Waals surface area (Å²) in [4.78, 5) is 10.7. The second kappa shape index (κ2) is 7.93. The van der Waals surface area contributed by atoms with Crippen LogP contribution >= 0.6 is 0 Å². The minimum absolute atomic E-state index is 0.152. The highest BCUT2D eigenvalue weighted by Gasteiger charge is 2.60. The second-order valence-corrected chi connectivity index (χ2v) is 8.51. The Kier molecular flexibility index (Phi) is 5.80. The monoisotopic (exact) mass is 459 g/mol. The van der Waals surface area contributed by atoms with Crippen LogP contribution in [0.1, 0.15) is 30.0 Å². The molecule has 166 valence electrons. The van der Waals surface area contributed by atoms with Crippen molar-refractivity contribution in [1.29, 1.82) is 0 Å². The zero-order valence-electron chi connectivity index (χ0n) is 15.7. The molecule has 2 aromatic carbocycles. The molecule has 1 aliphatic heterocycles. The normalized spacial score (nSPS) is 21.5. The topological polar surface area (TPSA) is 122 Å². The van der Waals surface area contributed by atoms with Gasteiger partial charge in [0, 0.05) is 6.42 Å². The molecule has 31 heavy (non-hydrogen) atoms. The van der Waals surface area contributed by atoms with Gasteiger partial charge in [-0.3, -0.25) is 4.79 Å². The number of carbonyl (C=O) groups is 1. The zero-order chi connectivity index (χ0) is 23.0. The smallest absolute Gasteiger partial charge is 0.432 e. The lowest BCUT2D eigenvalue weighted by molar-refractivity contribution is -0.137. The van der Waals surface area contributed by atoms with Crippen LogP contribution in [0, 0.1) is 5.82 Å². The third-order valence-corrected chi connectivity index (χ3v) is 6.07. The van der Waals surface area contributed by atoms with Gasteiger partial charge in [0.05, 0.1) is 16.4 Å². The fourth-order valence-corrected chi connectivity index (χ4v) is 4.70. The van der Waals surface area contributed by atoms with Gasteiger partial charge in [-0.2, -0.15) is 18.3 Å². The summed E-state index contributed by atoms with van der Waals surface area (Å²) in [7, 11) is -4.49. The molecule has 0 radical (unpaired) electrons. The van der Waals surface area contributed by atoms with Crippen molar-refractivity contribution < 1.29 is 35.9 Å². The highest BCUT2D eigenvalue weighted by Crippen LogP contribution is 2.51. The number of nitrogens with two attached hydrogens (primary N) is 1. The van der Waals surface area contributed by atoms with Gasteiger partial charge < -0.3 is 10.5 Å². The van der Waals surface area contributed by atoms with E-state index in [-0.39, 0.29) is 11.1 Å². The summed E-state index contributed by atoms with van der Waals surface area (Å²) in [5.74, 6) is -2.03. The van der Waals surface area contributed by atoms with E-state index >= 15 is 0 Å². The van der Waals surface area contributed by atoms with Crippen molar-refractivity contribution in [3.05, 3.63) is 65.5 Å². The van der Waals surface area contributed by atoms with Crippen LogP contribution in [0.4, 0.5) is 17.6 Å². The van der Waals surface area contributed by atoms with E-state index in [1.807, 2.05) is 0 Å². The molecular weight excluding hydrogens is 442 g/mol. The summed E-state index contributed by atoms with van der Waals surface area (Å²) >= 11 is 0. The maximum Gasteiger partial charge on any atom is 0.432 e. The summed E-state index contributed by atoms with van der Waals surface area (Å²) in [5, 5.41) is 17.9. The number of sulfonamides is 1. The number of alkyl halides is 3. The van der Waals surface area contributed by atoms with Crippen LogP contribution in [0.25, 0.3) is 0 Å². The Morgan fingerprint density at radius 3 is 2.32 bits per heavy atom. The van der Waals surface area contributed by atoms with Crippen LogP contribution in [0.2, 0.25) is 0 Å². The van der Waals surface area contributed by atoms with E-state index in [0.717, 1.165) is 24.3 Å². The Balaban J connectivity index is 2.37. The molecule has 0 fully saturated rings. The number of hydrazone groups is 1. The molecule has 0 amide bonds. The van der Waals surface area contributed by atoms with Gasteiger partial charge in [-0.25, -0.2) is 17.9 Å². The Morgan fingerprint density at radius 2 is 1.77 bits per heavy atom. The van der Waals surface area contributed by atoms with E-state index in [9.17, 15) is 35.9 Å². The number of carboxylic acid groups (broad SMARTS) is 1. The summed E-state index contributed by atoms with van der Waals surface area (Å²) < 4.78 is 80.1. The van der Waals surface area contributed by atoms with Gasteiger partial charge in [-0.1, -0.05) is 30.3 Å². The number of primary sulfonamides is 1. The van der Waals surface area contributed by atoms with Gasteiger partial charge in [0.25, 0.3) is 0 Å². The Hall–Kier alpha value is -2.99. The quantitative estimate of drug-likeness (QED) is 0.574. The first-order chi connectivity index (χ1) is 14.4. The molecule has 2 atom stereocenters. The molecule has 0 saturated carbocycles. The van der Waals surface area contributed by atoms with Crippen molar-refractivity contribution in [2.45, 2.75) is 35.4 Å². The maximum absolute atomic E-state index is 14.1.